The molecule has 0 atom stereocenters. The minimum Gasteiger partial charge on any atom is -0.539 e. The Hall–Kier alpha value is -1.92. The molecule has 112 valence electrons. The molecule has 0 spiro atoms. The van der Waals surface area contributed by atoms with Crippen molar-refractivity contribution in [2.45, 2.75) is 13.5 Å². The van der Waals surface area contributed by atoms with E-state index in [1.165, 1.54) is 5.56 Å². The maximum atomic E-state index is 11.9. The van der Waals surface area contributed by atoms with Gasteiger partial charge in [0.1, 0.15) is 0 Å². The lowest BCUT2D eigenvalue weighted by Gasteiger charge is -2.31. The van der Waals surface area contributed by atoms with Gasteiger partial charge in [0.2, 0.25) is 5.69 Å². The lowest BCUT2D eigenvalue weighted by atomic mass is 10.2. The Balaban J connectivity index is 1.82. The smallest absolute Gasteiger partial charge is 0.254 e. The van der Waals surface area contributed by atoms with Crippen molar-refractivity contribution in [2.24, 2.45) is 0 Å². The minimum absolute atomic E-state index is 0.352. The van der Waals surface area contributed by atoms with Crippen LogP contribution in [0.15, 0.2) is 28.8 Å². The van der Waals surface area contributed by atoms with Gasteiger partial charge in [-0.05, 0) is 18.7 Å². The van der Waals surface area contributed by atoms with Crippen molar-refractivity contribution in [1.29, 1.82) is 0 Å². The van der Waals surface area contributed by atoms with Crippen molar-refractivity contribution in [2.75, 3.05) is 33.2 Å². The van der Waals surface area contributed by atoms with Gasteiger partial charge in [-0.25, -0.2) is 0 Å². The normalized spacial score (nSPS) is 17.2. The summed E-state index contributed by atoms with van der Waals surface area (Å²) >= 11 is 0. The number of hydrogen-bond acceptors (Lipinski definition) is 5. The highest BCUT2D eigenvalue weighted by atomic mass is 16.6. The third-order valence-corrected chi connectivity index (χ3v) is 3.94. The largest absolute Gasteiger partial charge is 0.539 e. The summed E-state index contributed by atoms with van der Waals surface area (Å²) in [5, 5.41) is 15.8. The lowest BCUT2D eigenvalue weighted by molar-refractivity contribution is -0.678. The van der Waals surface area contributed by atoms with Crippen molar-refractivity contribution in [3.8, 4) is 11.6 Å². The van der Waals surface area contributed by atoms with Crippen molar-refractivity contribution >= 4 is 0 Å². The zero-order chi connectivity index (χ0) is 14.8. The number of nitrogens with zero attached hydrogens (tertiary/aromatic N) is 4. The number of hydrogen-bond donors (Lipinski definition) is 0. The van der Waals surface area contributed by atoms with E-state index in [4.69, 9.17) is 4.52 Å². The highest BCUT2D eigenvalue weighted by Gasteiger charge is 2.24. The maximum Gasteiger partial charge on any atom is 0.254 e. The molecule has 3 rings (SSSR count). The maximum absolute atomic E-state index is 11.9. The minimum atomic E-state index is -0.352. The Morgan fingerprint density at radius 2 is 1.86 bits per heavy atom. The fourth-order valence-electron chi connectivity index (χ4n) is 2.50. The van der Waals surface area contributed by atoms with Crippen LogP contribution >= 0.6 is 0 Å². The molecule has 1 fully saturated rings. The number of likely N-dealkylation sites (N-methyl/N-ethyl adjacent to an activating group) is 1. The molecule has 6 nitrogen and oxygen atoms in total. The summed E-state index contributed by atoms with van der Waals surface area (Å²) in [6.07, 6.45) is 0. The fourth-order valence-corrected chi connectivity index (χ4v) is 2.50. The molecule has 2 heterocycles. The van der Waals surface area contributed by atoms with Gasteiger partial charge in [-0.15, -0.1) is 0 Å². The number of aromatic nitrogens is 2. The molecule has 0 saturated carbocycles. The van der Waals surface area contributed by atoms with Crippen LogP contribution < -0.4 is 9.79 Å². The zero-order valence-electron chi connectivity index (χ0n) is 12.5. The summed E-state index contributed by atoms with van der Waals surface area (Å²) in [5.41, 5.74) is 2.62. The lowest BCUT2D eigenvalue weighted by Crippen LogP contribution is -2.46. The Bertz CT molecular complexity index is 601. The SMILES string of the molecule is Cc1ccc(-[n+]2noc([O-])c2CN2CCN(C)CC2)cc1. The quantitative estimate of drug-likeness (QED) is 0.749. The van der Waals surface area contributed by atoms with Gasteiger partial charge in [-0.2, -0.15) is 0 Å². The van der Waals surface area contributed by atoms with Crippen LogP contribution in [0.5, 0.6) is 5.95 Å². The average Bonchev–Trinajstić information content (AvgIpc) is 2.84. The second kappa shape index (κ2) is 5.83. The predicted octanol–water partition coefficient (Wildman–Crippen LogP) is 0.0807. The number of piperazine rings is 1. The van der Waals surface area contributed by atoms with E-state index < -0.39 is 0 Å². The van der Waals surface area contributed by atoms with E-state index in [2.05, 4.69) is 22.1 Å². The topological polar surface area (TPSA) is 59.5 Å². The fraction of sp³-hybridized carbons (Fsp3) is 0.467. The van der Waals surface area contributed by atoms with E-state index in [-0.39, 0.29) is 5.95 Å². The van der Waals surface area contributed by atoms with Crippen LogP contribution in [0.4, 0.5) is 0 Å². The summed E-state index contributed by atoms with van der Waals surface area (Å²) < 4.78 is 6.47. The van der Waals surface area contributed by atoms with Crippen LogP contribution in [-0.2, 0) is 6.54 Å². The van der Waals surface area contributed by atoms with E-state index in [9.17, 15) is 5.11 Å². The highest BCUT2D eigenvalue weighted by molar-refractivity contribution is 5.27. The first-order chi connectivity index (χ1) is 10.1. The first kappa shape index (κ1) is 14.0. The molecule has 0 bridgehead atoms. The Morgan fingerprint density at radius 3 is 2.52 bits per heavy atom. The van der Waals surface area contributed by atoms with Crippen molar-refractivity contribution in [3.63, 3.8) is 0 Å². The van der Waals surface area contributed by atoms with Gasteiger partial charge in [0.05, 0.1) is 11.8 Å². The molecule has 1 aromatic heterocycles. The molecule has 0 N–H and O–H groups in total. The molecule has 0 aliphatic carbocycles. The average molecular weight is 288 g/mol. The summed E-state index contributed by atoms with van der Waals surface area (Å²) in [5.74, 6) is -0.352. The summed E-state index contributed by atoms with van der Waals surface area (Å²) in [6.45, 7) is 6.55. The Kier molecular flexibility index (Phi) is 3.90. The molecule has 1 aromatic carbocycles. The van der Waals surface area contributed by atoms with Crippen LogP contribution in [-0.4, -0.2) is 48.3 Å². The standard InChI is InChI=1S/C15H20N4O2/c1-12-3-5-13(6-4-12)19-14(15(20)21-16-19)11-18-9-7-17(2)8-10-18/h3-6H,7-11H2,1-2H3. The van der Waals surface area contributed by atoms with Crippen LogP contribution in [0.2, 0.25) is 0 Å². The molecule has 6 heteroatoms. The van der Waals surface area contributed by atoms with Gasteiger partial charge in [0, 0.05) is 38.3 Å². The van der Waals surface area contributed by atoms with Gasteiger partial charge >= 0.3 is 0 Å². The van der Waals surface area contributed by atoms with Crippen molar-refractivity contribution in [3.05, 3.63) is 35.5 Å². The Labute approximate surface area is 124 Å². The zero-order valence-corrected chi connectivity index (χ0v) is 12.5. The molecular formula is C15H20N4O2. The van der Waals surface area contributed by atoms with E-state index in [1.807, 2.05) is 31.2 Å². The van der Waals surface area contributed by atoms with Gasteiger partial charge in [-0.3, -0.25) is 4.90 Å². The molecule has 1 aliphatic rings. The first-order valence-corrected chi connectivity index (χ1v) is 7.19. The summed E-state index contributed by atoms with van der Waals surface area (Å²) in [6, 6.07) is 7.90. The van der Waals surface area contributed by atoms with E-state index in [0.29, 0.717) is 12.2 Å². The van der Waals surface area contributed by atoms with E-state index >= 15 is 0 Å². The monoisotopic (exact) mass is 288 g/mol. The summed E-state index contributed by atoms with van der Waals surface area (Å²) in [4.78, 5) is 4.55. The van der Waals surface area contributed by atoms with E-state index in [0.717, 1.165) is 31.9 Å². The van der Waals surface area contributed by atoms with E-state index in [1.54, 1.807) is 4.68 Å². The molecular weight excluding hydrogens is 268 g/mol. The third kappa shape index (κ3) is 3.06. The molecule has 0 amide bonds. The number of rotatable bonds is 3. The van der Waals surface area contributed by atoms with Crippen LogP contribution in [0.3, 0.4) is 0 Å². The van der Waals surface area contributed by atoms with Crippen LogP contribution in [0.1, 0.15) is 11.3 Å². The molecule has 0 radical (unpaired) electrons. The van der Waals surface area contributed by atoms with Crippen LogP contribution in [0.25, 0.3) is 5.69 Å². The van der Waals surface area contributed by atoms with Crippen molar-refractivity contribution < 1.29 is 14.3 Å². The molecule has 1 saturated heterocycles. The van der Waals surface area contributed by atoms with Gasteiger partial charge < -0.3 is 14.5 Å². The molecule has 0 unspecified atom stereocenters. The van der Waals surface area contributed by atoms with Gasteiger partial charge in [-0.1, -0.05) is 17.7 Å². The molecule has 2 aromatic rings. The Morgan fingerprint density at radius 1 is 1.19 bits per heavy atom. The second-order valence-electron chi connectivity index (χ2n) is 5.63. The van der Waals surface area contributed by atoms with Gasteiger partial charge in [0.15, 0.2) is 5.95 Å². The highest BCUT2D eigenvalue weighted by Crippen LogP contribution is 2.14. The summed E-state index contributed by atoms with van der Waals surface area (Å²) in [7, 11) is 2.11. The van der Waals surface area contributed by atoms with Crippen LogP contribution in [0, 0.1) is 6.92 Å². The molecule has 1 aliphatic heterocycles. The third-order valence-electron chi connectivity index (χ3n) is 3.94. The first-order valence-electron chi connectivity index (χ1n) is 7.19. The number of benzene rings is 1. The predicted molar refractivity (Wildman–Crippen MR) is 75.0 cm³/mol. The number of aryl methyl sites for hydroxylation is 1. The second-order valence-corrected chi connectivity index (χ2v) is 5.63. The van der Waals surface area contributed by atoms with Crippen molar-refractivity contribution in [1.82, 2.24) is 15.1 Å². The molecule has 21 heavy (non-hydrogen) atoms. The van der Waals surface area contributed by atoms with Gasteiger partial charge in [0.25, 0.3) is 5.69 Å².